The van der Waals surface area contributed by atoms with Gasteiger partial charge in [0.1, 0.15) is 12.7 Å². The molecule has 3 rings (SSSR count). The number of nitrogens with zero attached hydrogens (tertiary/aromatic N) is 6. The van der Waals surface area contributed by atoms with Crippen molar-refractivity contribution in [2.45, 2.75) is 26.2 Å². The molecule has 0 unspecified atom stereocenters. The standard InChI is InChI=1S/C14H15N7O2/c1-14(2,3)10-6-12(23-20-10)17-13(22)9-4-5-11(19-18-9)21-8-15-7-16-21/h4-8H,1-3H3,(H,17,22). The number of hydrogen-bond acceptors (Lipinski definition) is 7. The fourth-order valence-corrected chi connectivity index (χ4v) is 1.76. The van der Waals surface area contributed by atoms with Gasteiger partial charge < -0.3 is 4.52 Å². The Bertz CT molecular complexity index is 801. The topological polar surface area (TPSA) is 112 Å². The van der Waals surface area contributed by atoms with Gasteiger partial charge in [0.15, 0.2) is 11.5 Å². The minimum Gasteiger partial charge on any atom is -0.338 e. The second-order valence-electron chi connectivity index (χ2n) is 5.90. The van der Waals surface area contributed by atoms with Gasteiger partial charge in [-0.2, -0.15) is 5.10 Å². The number of carbonyl (C=O) groups is 1. The molecule has 9 nitrogen and oxygen atoms in total. The van der Waals surface area contributed by atoms with E-state index in [0.717, 1.165) is 5.69 Å². The average Bonchev–Trinajstić information content (AvgIpc) is 3.18. The molecule has 1 N–H and O–H groups in total. The van der Waals surface area contributed by atoms with Crippen LogP contribution in [0.15, 0.2) is 35.4 Å². The van der Waals surface area contributed by atoms with Crippen molar-refractivity contribution in [1.82, 2.24) is 30.1 Å². The van der Waals surface area contributed by atoms with Crippen LogP contribution in [0.5, 0.6) is 0 Å². The third-order valence-electron chi connectivity index (χ3n) is 3.05. The SMILES string of the molecule is CC(C)(C)c1cc(NC(=O)c2ccc(-n3cncn3)nn2)on1. The van der Waals surface area contributed by atoms with E-state index in [9.17, 15) is 4.79 Å². The number of nitrogens with one attached hydrogen (secondary N) is 1. The minimum absolute atomic E-state index is 0.155. The minimum atomic E-state index is -0.431. The van der Waals surface area contributed by atoms with Crippen LogP contribution in [0.2, 0.25) is 0 Å². The van der Waals surface area contributed by atoms with Crippen molar-refractivity contribution in [2.24, 2.45) is 0 Å². The lowest BCUT2D eigenvalue weighted by Crippen LogP contribution is -2.15. The molecule has 0 radical (unpaired) electrons. The van der Waals surface area contributed by atoms with Crippen LogP contribution in [-0.4, -0.2) is 36.0 Å². The highest BCUT2D eigenvalue weighted by molar-refractivity contribution is 6.01. The first-order valence-corrected chi connectivity index (χ1v) is 6.91. The van der Waals surface area contributed by atoms with Gasteiger partial charge in [0, 0.05) is 11.5 Å². The third kappa shape index (κ3) is 3.23. The number of amides is 1. The molecule has 1 amide bonds. The molecular formula is C14H15N7O2. The van der Waals surface area contributed by atoms with Crippen molar-refractivity contribution in [1.29, 1.82) is 0 Å². The van der Waals surface area contributed by atoms with Gasteiger partial charge in [-0.05, 0) is 12.1 Å². The van der Waals surface area contributed by atoms with Crippen LogP contribution in [0.4, 0.5) is 5.88 Å². The number of anilines is 1. The van der Waals surface area contributed by atoms with E-state index >= 15 is 0 Å². The van der Waals surface area contributed by atoms with Gasteiger partial charge in [0.05, 0.1) is 5.69 Å². The van der Waals surface area contributed by atoms with E-state index in [-0.39, 0.29) is 17.0 Å². The molecule has 0 fully saturated rings. The molecule has 9 heteroatoms. The van der Waals surface area contributed by atoms with Crippen molar-refractivity contribution in [3.63, 3.8) is 0 Å². The lowest BCUT2D eigenvalue weighted by Gasteiger charge is -2.12. The summed E-state index contributed by atoms with van der Waals surface area (Å²) in [7, 11) is 0. The summed E-state index contributed by atoms with van der Waals surface area (Å²) in [6.07, 6.45) is 2.88. The molecule has 0 spiro atoms. The maximum atomic E-state index is 12.1. The molecule has 23 heavy (non-hydrogen) atoms. The zero-order valence-electron chi connectivity index (χ0n) is 12.9. The summed E-state index contributed by atoms with van der Waals surface area (Å²) in [5.74, 6) is 0.301. The van der Waals surface area contributed by atoms with Crippen LogP contribution in [0.1, 0.15) is 37.0 Å². The van der Waals surface area contributed by atoms with Crippen LogP contribution in [-0.2, 0) is 5.41 Å². The van der Waals surface area contributed by atoms with Gasteiger partial charge >= 0.3 is 0 Å². The Morgan fingerprint density at radius 1 is 1.26 bits per heavy atom. The normalized spacial score (nSPS) is 11.4. The highest BCUT2D eigenvalue weighted by Crippen LogP contribution is 2.23. The lowest BCUT2D eigenvalue weighted by molar-refractivity contribution is 0.101. The van der Waals surface area contributed by atoms with Crippen LogP contribution in [0.25, 0.3) is 5.82 Å². The molecular weight excluding hydrogens is 298 g/mol. The van der Waals surface area contributed by atoms with E-state index in [4.69, 9.17) is 4.52 Å². The summed E-state index contributed by atoms with van der Waals surface area (Å²) in [4.78, 5) is 16.0. The van der Waals surface area contributed by atoms with Crippen molar-refractivity contribution in [3.8, 4) is 5.82 Å². The van der Waals surface area contributed by atoms with Crippen molar-refractivity contribution >= 4 is 11.8 Å². The largest absolute Gasteiger partial charge is 0.338 e. The summed E-state index contributed by atoms with van der Waals surface area (Å²) in [5, 5.41) is 18.3. The molecule has 0 atom stereocenters. The lowest BCUT2D eigenvalue weighted by atomic mass is 9.92. The monoisotopic (exact) mass is 313 g/mol. The Morgan fingerprint density at radius 3 is 2.65 bits per heavy atom. The fourth-order valence-electron chi connectivity index (χ4n) is 1.76. The first-order chi connectivity index (χ1) is 10.9. The second-order valence-corrected chi connectivity index (χ2v) is 5.90. The van der Waals surface area contributed by atoms with E-state index in [2.05, 4.69) is 30.8 Å². The van der Waals surface area contributed by atoms with E-state index in [1.165, 1.54) is 17.3 Å². The van der Waals surface area contributed by atoms with Gasteiger partial charge in [-0.15, -0.1) is 10.2 Å². The molecule has 118 valence electrons. The number of hydrogen-bond donors (Lipinski definition) is 1. The summed E-state index contributed by atoms with van der Waals surface area (Å²) < 4.78 is 6.56. The van der Waals surface area contributed by atoms with Gasteiger partial charge in [0.25, 0.3) is 5.91 Å². The molecule has 3 aromatic heterocycles. The molecule has 0 aromatic carbocycles. The molecule has 0 saturated carbocycles. The molecule has 0 saturated heterocycles. The van der Waals surface area contributed by atoms with Crippen LogP contribution >= 0.6 is 0 Å². The third-order valence-corrected chi connectivity index (χ3v) is 3.05. The predicted molar refractivity (Wildman–Crippen MR) is 80.1 cm³/mol. The number of aromatic nitrogens is 6. The van der Waals surface area contributed by atoms with Crippen LogP contribution in [0, 0.1) is 0 Å². The first-order valence-electron chi connectivity index (χ1n) is 6.91. The van der Waals surface area contributed by atoms with Crippen molar-refractivity contribution < 1.29 is 9.32 Å². The molecule has 0 aliphatic heterocycles. The average molecular weight is 313 g/mol. The maximum Gasteiger partial charge on any atom is 0.278 e. The zero-order chi connectivity index (χ0) is 16.4. The first kappa shape index (κ1) is 14.8. The van der Waals surface area contributed by atoms with E-state index in [0.29, 0.717) is 5.82 Å². The molecule has 3 heterocycles. The quantitative estimate of drug-likeness (QED) is 0.781. The molecule has 0 aliphatic rings. The van der Waals surface area contributed by atoms with Crippen molar-refractivity contribution in [2.75, 3.05) is 5.32 Å². The Kier molecular flexibility index (Phi) is 3.61. The van der Waals surface area contributed by atoms with Crippen molar-refractivity contribution in [3.05, 3.63) is 42.2 Å². The second kappa shape index (κ2) is 5.59. The molecule has 3 aromatic rings. The Hall–Kier alpha value is -3.10. The van der Waals surface area contributed by atoms with Gasteiger partial charge in [-0.3, -0.25) is 10.1 Å². The van der Waals surface area contributed by atoms with E-state index < -0.39 is 5.91 Å². The smallest absolute Gasteiger partial charge is 0.278 e. The highest BCUT2D eigenvalue weighted by Gasteiger charge is 2.20. The Balaban J connectivity index is 1.72. The van der Waals surface area contributed by atoms with E-state index in [1.54, 1.807) is 18.2 Å². The highest BCUT2D eigenvalue weighted by atomic mass is 16.5. The predicted octanol–water partition coefficient (Wildman–Crippen LogP) is 1.60. The summed E-state index contributed by atoms with van der Waals surface area (Å²) in [6.45, 7) is 6.01. The Morgan fingerprint density at radius 2 is 2.09 bits per heavy atom. The molecule has 0 bridgehead atoms. The summed E-state index contributed by atoms with van der Waals surface area (Å²) in [6, 6.07) is 4.85. The summed E-state index contributed by atoms with van der Waals surface area (Å²) in [5.41, 5.74) is 0.745. The van der Waals surface area contributed by atoms with Gasteiger partial charge in [0.2, 0.25) is 5.88 Å². The maximum absolute atomic E-state index is 12.1. The van der Waals surface area contributed by atoms with Crippen LogP contribution < -0.4 is 5.32 Å². The zero-order valence-corrected chi connectivity index (χ0v) is 12.9. The fraction of sp³-hybridized carbons (Fsp3) is 0.286. The van der Waals surface area contributed by atoms with E-state index in [1.807, 2.05) is 20.8 Å². The number of rotatable bonds is 3. The molecule has 0 aliphatic carbocycles. The van der Waals surface area contributed by atoms with Gasteiger partial charge in [-0.25, -0.2) is 9.67 Å². The van der Waals surface area contributed by atoms with Crippen LogP contribution in [0.3, 0.4) is 0 Å². The number of carbonyl (C=O) groups excluding carboxylic acids is 1. The Labute approximate surface area is 131 Å². The van der Waals surface area contributed by atoms with Gasteiger partial charge in [-0.1, -0.05) is 25.9 Å². The summed E-state index contributed by atoms with van der Waals surface area (Å²) >= 11 is 0.